The fraction of sp³-hybridized carbons (Fsp3) is 0.571. The third kappa shape index (κ3) is 0.859. The fourth-order valence-electron chi connectivity index (χ4n) is 1.32. The maximum absolute atomic E-state index is 4.29. The van der Waals surface area contributed by atoms with Gasteiger partial charge < -0.3 is 5.32 Å². The maximum atomic E-state index is 4.29. The Labute approximate surface area is 64.3 Å². The molecule has 2 nitrogen and oxygen atoms in total. The van der Waals surface area contributed by atoms with Gasteiger partial charge in [-0.3, -0.25) is 0 Å². The van der Waals surface area contributed by atoms with Gasteiger partial charge in [0.1, 0.15) is 0 Å². The van der Waals surface area contributed by atoms with E-state index in [0.717, 1.165) is 13.0 Å². The highest BCUT2D eigenvalue weighted by Gasteiger charge is 2.17. The summed E-state index contributed by atoms with van der Waals surface area (Å²) in [4.78, 5) is 5.76. The molecule has 2 heterocycles. The van der Waals surface area contributed by atoms with Crippen LogP contribution in [0, 0.1) is 0 Å². The molecule has 1 N–H and O–H groups in total. The summed E-state index contributed by atoms with van der Waals surface area (Å²) in [5.74, 6) is 0. The number of hydrogen-bond donors (Lipinski definition) is 1. The molecule has 1 aromatic heterocycles. The minimum absolute atomic E-state index is 0.468. The van der Waals surface area contributed by atoms with Gasteiger partial charge >= 0.3 is 0 Å². The highest BCUT2D eigenvalue weighted by Crippen LogP contribution is 2.23. The van der Waals surface area contributed by atoms with Gasteiger partial charge in [0.25, 0.3) is 0 Å². The van der Waals surface area contributed by atoms with E-state index in [9.17, 15) is 0 Å². The standard InChI is InChI=1S/C7H10N2S/c1-5-7-6(2-3-8-5)10-4-9-7/h4-5,8H,2-3H2,1H3. The Hall–Kier alpha value is -0.410. The largest absolute Gasteiger partial charge is 0.308 e. The Morgan fingerprint density at radius 3 is 3.50 bits per heavy atom. The lowest BCUT2D eigenvalue weighted by Crippen LogP contribution is -2.26. The number of fused-ring (bicyclic) bond motifs is 1. The molecule has 3 heteroatoms. The molecule has 0 saturated heterocycles. The number of rotatable bonds is 0. The van der Waals surface area contributed by atoms with Gasteiger partial charge in [-0.1, -0.05) is 0 Å². The molecule has 0 saturated carbocycles. The van der Waals surface area contributed by atoms with Gasteiger partial charge in [-0.05, 0) is 13.3 Å². The molecule has 0 aromatic carbocycles. The zero-order valence-electron chi connectivity index (χ0n) is 5.92. The minimum Gasteiger partial charge on any atom is -0.308 e. The van der Waals surface area contributed by atoms with Gasteiger partial charge in [-0.25, -0.2) is 4.98 Å². The summed E-state index contributed by atoms with van der Waals surface area (Å²) in [6.45, 7) is 3.27. The Morgan fingerprint density at radius 2 is 2.70 bits per heavy atom. The third-order valence-electron chi connectivity index (χ3n) is 1.89. The van der Waals surface area contributed by atoms with E-state index in [4.69, 9.17) is 0 Å². The smallest absolute Gasteiger partial charge is 0.0798 e. The first-order chi connectivity index (χ1) is 4.88. The molecule has 1 aliphatic heterocycles. The Bertz CT molecular complexity index is 231. The number of thiazole rings is 1. The molecule has 54 valence electrons. The van der Waals surface area contributed by atoms with E-state index in [1.54, 1.807) is 11.3 Å². The van der Waals surface area contributed by atoms with Gasteiger partial charge in [0.05, 0.1) is 11.2 Å². The van der Waals surface area contributed by atoms with Crippen molar-refractivity contribution in [3.8, 4) is 0 Å². The summed E-state index contributed by atoms with van der Waals surface area (Å²) in [6.07, 6.45) is 1.16. The van der Waals surface area contributed by atoms with Crippen LogP contribution < -0.4 is 5.32 Å². The first-order valence-corrected chi connectivity index (χ1v) is 4.41. The van der Waals surface area contributed by atoms with Crippen molar-refractivity contribution in [3.05, 3.63) is 16.1 Å². The van der Waals surface area contributed by atoms with Crippen LogP contribution >= 0.6 is 11.3 Å². The number of nitrogens with one attached hydrogen (secondary N) is 1. The van der Waals surface area contributed by atoms with Crippen molar-refractivity contribution in [3.63, 3.8) is 0 Å². The fourth-order valence-corrected chi connectivity index (χ4v) is 2.18. The van der Waals surface area contributed by atoms with Crippen LogP contribution in [0.4, 0.5) is 0 Å². The van der Waals surface area contributed by atoms with E-state index in [1.165, 1.54) is 10.6 Å². The zero-order valence-corrected chi connectivity index (χ0v) is 6.74. The van der Waals surface area contributed by atoms with Crippen molar-refractivity contribution in [1.82, 2.24) is 10.3 Å². The second kappa shape index (κ2) is 2.32. The van der Waals surface area contributed by atoms with Crippen molar-refractivity contribution in [2.75, 3.05) is 6.54 Å². The highest BCUT2D eigenvalue weighted by molar-refractivity contribution is 7.09. The summed E-state index contributed by atoms with van der Waals surface area (Å²) < 4.78 is 0. The zero-order chi connectivity index (χ0) is 6.97. The number of hydrogen-bond acceptors (Lipinski definition) is 3. The van der Waals surface area contributed by atoms with Crippen molar-refractivity contribution in [2.45, 2.75) is 19.4 Å². The second-order valence-corrected chi connectivity index (χ2v) is 3.53. The average Bonchev–Trinajstić information content (AvgIpc) is 2.36. The molecule has 2 rings (SSSR count). The molecule has 0 spiro atoms. The molecule has 1 aliphatic rings. The molecule has 1 atom stereocenters. The van der Waals surface area contributed by atoms with Crippen LogP contribution in [0.25, 0.3) is 0 Å². The van der Waals surface area contributed by atoms with Gasteiger partial charge in [0.2, 0.25) is 0 Å². The van der Waals surface area contributed by atoms with E-state index in [1.807, 2.05) is 5.51 Å². The van der Waals surface area contributed by atoms with Crippen LogP contribution in [0.5, 0.6) is 0 Å². The lowest BCUT2D eigenvalue weighted by atomic mass is 10.1. The molecule has 0 amide bonds. The predicted molar refractivity (Wildman–Crippen MR) is 42.2 cm³/mol. The summed E-state index contributed by atoms with van der Waals surface area (Å²) in [5.41, 5.74) is 3.20. The van der Waals surface area contributed by atoms with Crippen LogP contribution in [0.3, 0.4) is 0 Å². The summed E-state index contributed by atoms with van der Waals surface area (Å²) >= 11 is 1.78. The molecular formula is C7H10N2S. The Kier molecular flexibility index (Phi) is 1.47. The average molecular weight is 154 g/mol. The SMILES string of the molecule is CC1NCCc2scnc21. The lowest BCUT2D eigenvalue weighted by Gasteiger charge is -2.18. The van der Waals surface area contributed by atoms with Crippen molar-refractivity contribution in [1.29, 1.82) is 0 Å². The molecule has 1 unspecified atom stereocenters. The minimum atomic E-state index is 0.468. The van der Waals surface area contributed by atoms with E-state index in [2.05, 4.69) is 17.2 Å². The second-order valence-electron chi connectivity index (χ2n) is 2.59. The van der Waals surface area contributed by atoms with Crippen molar-refractivity contribution in [2.24, 2.45) is 0 Å². The van der Waals surface area contributed by atoms with E-state index in [-0.39, 0.29) is 0 Å². The van der Waals surface area contributed by atoms with Crippen LogP contribution in [-0.4, -0.2) is 11.5 Å². The van der Waals surface area contributed by atoms with Gasteiger partial charge in [-0.2, -0.15) is 0 Å². The van der Waals surface area contributed by atoms with E-state index >= 15 is 0 Å². The Balaban J connectivity index is 2.41. The van der Waals surface area contributed by atoms with Crippen LogP contribution in [0.2, 0.25) is 0 Å². The molecular weight excluding hydrogens is 144 g/mol. The summed E-state index contributed by atoms with van der Waals surface area (Å²) in [5, 5.41) is 3.37. The van der Waals surface area contributed by atoms with Crippen LogP contribution in [-0.2, 0) is 6.42 Å². The Morgan fingerprint density at radius 1 is 1.80 bits per heavy atom. The van der Waals surface area contributed by atoms with Crippen LogP contribution in [0.1, 0.15) is 23.5 Å². The van der Waals surface area contributed by atoms with Crippen LogP contribution in [0.15, 0.2) is 5.51 Å². The number of aromatic nitrogens is 1. The molecule has 1 aromatic rings. The van der Waals surface area contributed by atoms with Gasteiger partial charge in [-0.15, -0.1) is 11.3 Å². The number of nitrogens with zero attached hydrogens (tertiary/aromatic N) is 1. The van der Waals surface area contributed by atoms with Crippen molar-refractivity contribution >= 4 is 11.3 Å². The first-order valence-electron chi connectivity index (χ1n) is 3.53. The predicted octanol–water partition coefficient (Wildman–Crippen LogP) is 1.35. The van der Waals surface area contributed by atoms with E-state index < -0.39 is 0 Å². The maximum Gasteiger partial charge on any atom is 0.0798 e. The van der Waals surface area contributed by atoms with Gasteiger partial charge in [0, 0.05) is 17.5 Å². The molecule has 0 fully saturated rings. The normalized spacial score (nSPS) is 24.3. The monoisotopic (exact) mass is 154 g/mol. The van der Waals surface area contributed by atoms with Crippen molar-refractivity contribution < 1.29 is 0 Å². The van der Waals surface area contributed by atoms with E-state index in [0.29, 0.717) is 6.04 Å². The lowest BCUT2D eigenvalue weighted by molar-refractivity contribution is 0.534. The molecule has 10 heavy (non-hydrogen) atoms. The first kappa shape index (κ1) is 6.31. The summed E-state index contributed by atoms with van der Waals surface area (Å²) in [6, 6.07) is 0.468. The van der Waals surface area contributed by atoms with Gasteiger partial charge in [0.15, 0.2) is 0 Å². The highest BCUT2D eigenvalue weighted by atomic mass is 32.1. The molecule has 0 radical (unpaired) electrons. The quantitative estimate of drug-likeness (QED) is 0.610. The molecule has 0 bridgehead atoms. The third-order valence-corrected chi connectivity index (χ3v) is 2.79. The summed E-state index contributed by atoms with van der Waals surface area (Å²) in [7, 11) is 0. The molecule has 0 aliphatic carbocycles. The topological polar surface area (TPSA) is 24.9 Å².